The van der Waals surface area contributed by atoms with E-state index in [4.69, 9.17) is 9.47 Å². The molecule has 0 aromatic heterocycles. The van der Waals surface area contributed by atoms with Crippen molar-refractivity contribution < 1.29 is 24.5 Å². The number of phenolic OH excluding ortho intramolecular Hbond substituents is 2. The van der Waals surface area contributed by atoms with Gasteiger partial charge in [0.05, 0.1) is 26.0 Å². The molecule has 7 heteroatoms. The molecule has 0 aliphatic rings. The SMILES string of the molecule is COc1cc(O)c(C=NNC(=O)c2cc(C(C)(C)C)c(O)c(C(C)(C)C)c2)c(OC)c1. The molecular weight excluding hydrogens is 396 g/mol. The molecule has 0 atom stereocenters. The van der Waals surface area contributed by atoms with Crippen molar-refractivity contribution in [3.63, 3.8) is 0 Å². The predicted molar refractivity (Wildman–Crippen MR) is 122 cm³/mol. The first kappa shape index (κ1) is 24.1. The summed E-state index contributed by atoms with van der Waals surface area (Å²) in [4.78, 5) is 12.8. The lowest BCUT2D eigenvalue weighted by molar-refractivity contribution is 0.0954. The molecule has 31 heavy (non-hydrogen) atoms. The zero-order chi connectivity index (χ0) is 23.6. The first-order valence-electron chi connectivity index (χ1n) is 9.96. The first-order valence-corrected chi connectivity index (χ1v) is 9.96. The van der Waals surface area contributed by atoms with Crippen LogP contribution in [0.1, 0.15) is 68.6 Å². The van der Waals surface area contributed by atoms with E-state index >= 15 is 0 Å². The quantitative estimate of drug-likeness (QED) is 0.482. The molecule has 0 bridgehead atoms. The van der Waals surface area contributed by atoms with Crippen molar-refractivity contribution in [2.45, 2.75) is 52.4 Å². The average Bonchev–Trinajstić information content (AvgIpc) is 2.66. The Bertz CT molecular complexity index is 963. The minimum atomic E-state index is -0.431. The zero-order valence-electron chi connectivity index (χ0n) is 19.5. The van der Waals surface area contributed by atoms with Gasteiger partial charge >= 0.3 is 0 Å². The van der Waals surface area contributed by atoms with Crippen molar-refractivity contribution in [1.29, 1.82) is 0 Å². The van der Waals surface area contributed by atoms with Gasteiger partial charge in [-0.15, -0.1) is 0 Å². The topological polar surface area (TPSA) is 100 Å². The number of methoxy groups -OCH3 is 2. The van der Waals surface area contributed by atoms with Gasteiger partial charge in [-0.05, 0) is 23.0 Å². The van der Waals surface area contributed by atoms with E-state index in [-0.39, 0.29) is 22.3 Å². The molecule has 7 nitrogen and oxygen atoms in total. The van der Waals surface area contributed by atoms with E-state index in [0.717, 1.165) is 0 Å². The van der Waals surface area contributed by atoms with Crippen LogP contribution in [0.25, 0.3) is 0 Å². The zero-order valence-corrected chi connectivity index (χ0v) is 19.5. The molecular formula is C24H32N2O5. The number of aromatic hydroxyl groups is 2. The molecule has 0 fully saturated rings. The fraction of sp³-hybridized carbons (Fsp3) is 0.417. The van der Waals surface area contributed by atoms with Crippen LogP contribution in [0.4, 0.5) is 0 Å². The maximum atomic E-state index is 12.8. The van der Waals surface area contributed by atoms with Gasteiger partial charge in [0.1, 0.15) is 23.0 Å². The third-order valence-corrected chi connectivity index (χ3v) is 4.90. The summed E-state index contributed by atoms with van der Waals surface area (Å²) in [5.74, 6) is 0.463. The second kappa shape index (κ2) is 8.88. The molecule has 0 aliphatic carbocycles. The molecule has 0 heterocycles. The lowest BCUT2D eigenvalue weighted by Crippen LogP contribution is -2.22. The number of phenols is 2. The van der Waals surface area contributed by atoms with Crippen molar-refractivity contribution >= 4 is 12.1 Å². The molecule has 1 amide bonds. The number of carbonyl (C=O) groups is 1. The van der Waals surface area contributed by atoms with Gasteiger partial charge in [0.25, 0.3) is 5.91 Å². The molecule has 2 rings (SSSR count). The van der Waals surface area contributed by atoms with Crippen LogP contribution < -0.4 is 14.9 Å². The number of nitrogens with zero attached hydrogens (tertiary/aromatic N) is 1. The Hall–Kier alpha value is -3.22. The maximum Gasteiger partial charge on any atom is 0.271 e. The normalized spacial score (nSPS) is 12.1. The highest BCUT2D eigenvalue weighted by atomic mass is 16.5. The summed E-state index contributed by atoms with van der Waals surface area (Å²) in [5.41, 5.74) is 3.83. The van der Waals surface area contributed by atoms with Gasteiger partial charge < -0.3 is 19.7 Å². The van der Waals surface area contributed by atoms with Crippen LogP contribution in [-0.4, -0.2) is 36.6 Å². The Morgan fingerprint density at radius 3 is 1.94 bits per heavy atom. The number of rotatable bonds is 5. The molecule has 2 aromatic carbocycles. The summed E-state index contributed by atoms with van der Waals surface area (Å²) < 4.78 is 10.4. The van der Waals surface area contributed by atoms with Crippen molar-refractivity contribution in [2.24, 2.45) is 5.10 Å². The number of ether oxygens (including phenoxy) is 2. The van der Waals surface area contributed by atoms with Gasteiger partial charge in [-0.3, -0.25) is 4.79 Å². The van der Waals surface area contributed by atoms with E-state index in [2.05, 4.69) is 10.5 Å². The summed E-state index contributed by atoms with van der Waals surface area (Å²) >= 11 is 0. The van der Waals surface area contributed by atoms with Gasteiger partial charge in [-0.1, -0.05) is 41.5 Å². The third kappa shape index (κ3) is 5.48. The summed E-state index contributed by atoms with van der Waals surface area (Å²) in [7, 11) is 2.94. The van der Waals surface area contributed by atoms with Crippen LogP contribution in [0, 0.1) is 0 Å². The molecule has 0 radical (unpaired) electrons. The van der Waals surface area contributed by atoms with Crippen LogP contribution in [0.5, 0.6) is 23.0 Å². The van der Waals surface area contributed by atoms with Crippen molar-refractivity contribution in [2.75, 3.05) is 14.2 Å². The summed E-state index contributed by atoms with van der Waals surface area (Å²) in [6.45, 7) is 11.9. The van der Waals surface area contributed by atoms with Gasteiger partial charge in [0.15, 0.2) is 0 Å². The largest absolute Gasteiger partial charge is 0.507 e. The Kier molecular flexibility index (Phi) is 6.89. The monoisotopic (exact) mass is 428 g/mol. The molecule has 0 saturated heterocycles. The van der Waals surface area contributed by atoms with Gasteiger partial charge in [-0.25, -0.2) is 5.43 Å². The Morgan fingerprint density at radius 2 is 1.48 bits per heavy atom. The molecule has 2 aromatic rings. The second-order valence-corrected chi connectivity index (χ2v) is 9.38. The standard InChI is InChI=1S/C24H32N2O5/c1-23(2,3)17-9-14(10-18(21(17)28)24(4,5)6)22(29)26-25-13-16-19(27)11-15(30-7)12-20(16)31-8/h9-13,27-28H,1-8H3,(H,26,29). The van der Waals surface area contributed by atoms with E-state index in [1.807, 2.05) is 41.5 Å². The van der Waals surface area contributed by atoms with Crippen LogP contribution in [-0.2, 0) is 10.8 Å². The van der Waals surface area contributed by atoms with Crippen LogP contribution in [0.3, 0.4) is 0 Å². The van der Waals surface area contributed by atoms with Crippen LogP contribution >= 0.6 is 0 Å². The first-order chi connectivity index (χ1) is 14.3. The fourth-order valence-electron chi connectivity index (χ4n) is 3.13. The number of hydrogen-bond donors (Lipinski definition) is 3. The Balaban J connectivity index is 2.39. The summed E-state index contributed by atoms with van der Waals surface area (Å²) in [5, 5.41) is 25.0. The molecule has 3 N–H and O–H groups in total. The smallest absolute Gasteiger partial charge is 0.271 e. The number of amides is 1. The molecule has 0 unspecified atom stereocenters. The average molecular weight is 429 g/mol. The minimum absolute atomic E-state index is 0.0936. The minimum Gasteiger partial charge on any atom is -0.507 e. The summed E-state index contributed by atoms with van der Waals surface area (Å²) in [6, 6.07) is 6.40. The second-order valence-electron chi connectivity index (χ2n) is 9.38. The third-order valence-electron chi connectivity index (χ3n) is 4.90. The van der Waals surface area contributed by atoms with Gasteiger partial charge in [0, 0.05) is 28.8 Å². The maximum absolute atomic E-state index is 12.8. The lowest BCUT2D eigenvalue weighted by Gasteiger charge is -2.28. The number of hydrazone groups is 1. The molecule has 0 spiro atoms. The molecule has 168 valence electrons. The fourth-order valence-corrected chi connectivity index (χ4v) is 3.13. The van der Waals surface area contributed by atoms with Crippen LogP contribution in [0.2, 0.25) is 0 Å². The van der Waals surface area contributed by atoms with Gasteiger partial charge in [0.2, 0.25) is 0 Å². The Labute approximate surface area is 183 Å². The van der Waals surface area contributed by atoms with Gasteiger partial charge in [-0.2, -0.15) is 5.10 Å². The highest BCUT2D eigenvalue weighted by Gasteiger charge is 2.27. The number of benzene rings is 2. The predicted octanol–water partition coefficient (Wildman–Crippen LogP) is 4.47. The van der Waals surface area contributed by atoms with E-state index in [1.54, 1.807) is 18.2 Å². The number of carbonyl (C=O) groups excluding carboxylic acids is 1. The van der Waals surface area contributed by atoms with E-state index in [9.17, 15) is 15.0 Å². The van der Waals surface area contributed by atoms with Crippen LogP contribution in [0.15, 0.2) is 29.4 Å². The number of hydrogen-bond acceptors (Lipinski definition) is 6. The lowest BCUT2D eigenvalue weighted by atomic mass is 9.78. The van der Waals surface area contributed by atoms with Crippen molar-refractivity contribution in [3.05, 3.63) is 46.5 Å². The molecule has 0 aliphatic heterocycles. The Morgan fingerprint density at radius 1 is 0.935 bits per heavy atom. The van der Waals surface area contributed by atoms with E-state index in [1.165, 1.54) is 26.5 Å². The highest BCUT2D eigenvalue weighted by molar-refractivity contribution is 5.96. The van der Waals surface area contributed by atoms with E-state index < -0.39 is 5.91 Å². The molecule has 0 saturated carbocycles. The summed E-state index contributed by atoms with van der Waals surface area (Å²) in [6.07, 6.45) is 1.31. The van der Waals surface area contributed by atoms with E-state index in [0.29, 0.717) is 33.8 Å². The number of nitrogens with one attached hydrogen (secondary N) is 1. The van der Waals surface area contributed by atoms with Crippen molar-refractivity contribution in [1.82, 2.24) is 5.43 Å². The highest BCUT2D eigenvalue weighted by Crippen LogP contribution is 2.39. The van der Waals surface area contributed by atoms with Crippen molar-refractivity contribution in [3.8, 4) is 23.0 Å².